The van der Waals surface area contributed by atoms with Crippen molar-refractivity contribution in [3.05, 3.63) is 295 Å². The molecule has 81 heavy (non-hydrogen) atoms. The van der Waals surface area contributed by atoms with Crippen LogP contribution in [0.5, 0.6) is 0 Å². The van der Waals surface area contributed by atoms with Gasteiger partial charge >= 0.3 is 0 Å². The molecule has 384 valence electrons. The van der Waals surface area contributed by atoms with E-state index in [1.165, 1.54) is 132 Å². The number of aromatic nitrogens is 1. The average Bonchev–Trinajstić information content (AvgIpc) is 4.27. The van der Waals surface area contributed by atoms with Crippen molar-refractivity contribution in [3.63, 3.8) is 0 Å². The van der Waals surface area contributed by atoms with E-state index in [4.69, 9.17) is 0 Å². The first-order chi connectivity index (χ1) is 39.8. The van der Waals surface area contributed by atoms with Crippen LogP contribution in [0.25, 0.3) is 104 Å². The second kappa shape index (κ2) is 19.3. The van der Waals surface area contributed by atoms with Crippen LogP contribution in [-0.4, -0.2) is 4.40 Å². The highest BCUT2D eigenvalue weighted by Crippen LogP contribution is 2.55. The Bertz CT molecular complexity index is 4820. The van der Waals surface area contributed by atoms with E-state index in [9.17, 15) is 0 Å². The third-order valence-corrected chi connectivity index (χ3v) is 16.8. The van der Waals surface area contributed by atoms with Gasteiger partial charge < -0.3 is 14.2 Å². The number of hydrogen-bond acceptors (Lipinski definition) is 2. The Hall–Kier alpha value is -10.2. The van der Waals surface area contributed by atoms with Crippen molar-refractivity contribution in [1.29, 1.82) is 0 Å². The highest BCUT2D eigenvalue weighted by atomic mass is 15.2. The minimum Gasteiger partial charge on any atom is -0.309 e. The first kappa shape index (κ1) is 47.9. The van der Waals surface area contributed by atoms with Gasteiger partial charge in [0.2, 0.25) is 0 Å². The maximum absolute atomic E-state index is 2.61. The first-order valence-electron chi connectivity index (χ1n) is 28.2. The average molecular weight is 1040 g/mol. The summed E-state index contributed by atoms with van der Waals surface area (Å²) in [7, 11) is 0. The lowest BCUT2D eigenvalue weighted by atomic mass is 9.95. The van der Waals surface area contributed by atoms with Crippen molar-refractivity contribution >= 4 is 93.8 Å². The summed E-state index contributed by atoms with van der Waals surface area (Å²) in [6.07, 6.45) is 0. The van der Waals surface area contributed by atoms with Crippen LogP contribution in [0.3, 0.4) is 0 Å². The topological polar surface area (TPSA) is 10.9 Å². The molecule has 0 saturated heterocycles. The molecule has 15 aromatic rings. The standard InChI is InChI=1S/C78H57N3/c1-50-42-63(57-28-15-8-16-29-57)44-64(43-50)79(69-45-58(39-36-51(69)2)54-22-9-5-10-23-54)77-65-32-19-17-30-61(65)48-72-74(77)67-34-21-35-68-75-73(81(72)76(67)68)49-62-31-18-20-33-66(62)78(75)80(70-46-59(40-37-52(70)3)55-24-11-6-12-25-55)71-47-60(41-38-53(71)4)56-26-13-7-14-27-56/h5-49H,1-4H3. The number of rotatable bonds is 10. The van der Waals surface area contributed by atoms with Crippen molar-refractivity contribution in [2.45, 2.75) is 27.7 Å². The summed E-state index contributed by atoms with van der Waals surface area (Å²) < 4.78 is 2.61. The summed E-state index contributed by atoms with van der Waals surface area (Å²) in [6.45, 7) is 9.03. The van der Waals surface area contributed by atoms with E-state index in [1.807, 2.05) is 0 Å². The van der Waals surface area contributed by atoms with Crippen LogP contribution in [0.1, 0.15) is 22.3 Å². The smallest absolute Gasteiger partial charge is 0.0640 e. The molecule has 13 aromatic carbocycles. The Morgan fingerprint density at radius 2 is 0.642 bits per heavy atom. The predicted octanol–water partition coefficient (Wildman–Crippen LogP) is 22.0. The molecule has 0 amide bonds. The molecular weight excluding hydrogens is 979 g/mol. The molecule has 3 nitrogen and oxygen atoms in total. The van der Waals surface area contributed by atoms with Crippen LogP contribution in [0.4, 0.5) is 34.1 Å². The molecule has 15 rings (SSSR count). The number of para-hydroxylation sites is 1. The van der Waals surface area contributed by atoms with Crippen molar-refractivity contribution in [3.8, 4) is 44.5 Å². The van der Waals surface area contributed by atoms with Crippen LogP contribution in [0, 0.1) is 27.7 Å². The second-order valence-corrected chi connectivity index (χ2v) is 21.9. The van der Waals surface area contributed by atoms with Gasteiger partial charge in [-0.05, 0) is 148 Å². The monoisotopic (exact) mass is 1040 g/mol. The molecule has 0 fully saturated rings. The lowest BCUT2D eigenvalue weighted by Crippen LogP contribution is -2.14. The van der Waals surface area contributed by atoms with Gasteiger partial charge in [-0.1, -0.05) is 231 Å². The molecule has 0 saturated carbocycles. The molecule has 3 heteroatoms. The van der Waals surface area contributed by atoms with E-state index in [0.29, 0.717) is 0 Å². The molecule has 0 bridgehead atoms. The van der Waals surface area contributed by atoms with Gasteiger partial charge in [-0.25, -0.2) is 0 Å². The number of benzene rings is 13. The van der Waals surface area contributed by atoms with E-state index < -0.39 is 0 Å². The number of fused-ring (bicyclic) bond motifs is 8. The molecular formula is C78H57N3. The normalized spacial score (nSPS) is 11.7. The molecule has 0 unspecified atom stereocenters. The SMILES string of the molecule is Cc1cc(-c2ccccc2)cc(N(c2cc(-c3ccccc3)ccc2C)c2c3ccccc3cc3c2c2cccc4c5c(N(c6cc(-c7ccccc7)ccc6C)c6cc(-c7ccccc7)ccc6C)c6ccccc6cc5n3c24)c1. The fraction of sp³-hybridized carbons (Fsp3) is 0.0513. The zero-order chi connectivity index (χ0) is 54.3. The molecule has 0 spiro atoms. The summed E-state index contributed by atoms with van der Waals surface area (Å²) in [4.78, 5) is 5.19. The minimum absolute atomic E-state index is 1.11. The van der Waals surface area contributed by atoms with E-state index >= 15 is 0 Å². The Kier molecular flexibility index (Phi) is 11.4. The van der Waals surface area contributed by atoms with E-state index in [1.54, 1.807) is 0 Å². The zero-order valence-corrected chi connectivity index (χ0v) is 45.8. The summed E-state index contributed by atoms with van der Waals surface area (Å²) >= 11 is 0. The van der Waals surface area contributed by atoms with Crippen LogP contribution in [-0.2, 0) is 0 Å². The van der Waals surface area contributed by atoms with Crippen molar-refractivity contribution in [2.75, 3.05) is 9.80 Å². The van der Waals surface area contributed by atoms with Gasteiger partial charge in [-0.2, -0.15) is 0 Å². The highest BCUT2D eigenvalue weighted by molar-refractivity contribution is 6.33. The molecule has 0 atom stereocenters. The number of nitrogens with zero attached hydrogens (tertiary/aromatic N) is 3. The highest BCUT2D eigenvalue weighted by Gasteiger charge is 2.31. The summed E-state index contributed by atoms with van der Waals surface area (Å²) in [6, 6.07) is 101. The lowest BCUT2D eigenvalue weighted by molar-refractivity contribution is 1.24. The summed E-state index contributed by atoms with van der Waals surface area (Å²) in [5, 5.41) is 9.59. The molecule has 0 radical (unpaired) electrons. The lowest BCUT2D eigenvalue weighted by Gasteiger charge is -2.31. The summed E-state index contributed by atoms with van der Waals surface area (Å²) in [5.74, 6) is 0. The zero-order valence-electron chi connectivity index (χ0n) is 45.8. The minimum atomic E-state index is 1.11. The number of anilines is 6. The van der Waals surface area contributed by atoms with Gasteiger partial charge in [0.05, 0.1) is 27.9 Å². The Morgan fingerprint density at radius 1 is 0.272 bits per heavy atom. The second-order valence-electron chi connectivity index (χ2n) is 21.9. The molecule has 0 aliphatic carbocycles. The van der Waals surface area contributed by atoms with Gasteiger partial charge in [0.25, 0.3) is 0 Å². The molecule has 0 N–H and O–H groups in total. The van der Waals surface area contributed by atoms with Crippen LogP contribution in [0.15, 0.2) is 273 Å². The van der Waals surface area contributed by atoms with Crippen molar-refractivity contribution < 1.29 is 0 Å². The van der Waals surface area contributed by atoms with E-state index in [2.05, 4.69) is 315 Å². The maximum Gasteiger partial charge on any atom is 0.0640 e. The Balaban J connectivity index is 1.08. The van der Waals surface area contributed by atoms with Crippen molar-refractivity contribution in [2.24, 2.45) is 0 Å². The molecule has 2 heterocycles. The largest absolute Gasteiger partial charge is 0.309 e. The quantitative estimate of drug-likeness (QED) is 0.135. The third kappa shape index (κ3) is 7.95. The number of aryl methyl sites for hydroxylation is 4. The molecule has 2 aromatic heterocycles. The third-order valence-electron chi connectivity index (χ3n) is 16.8. The summed E-state index contributed by atoms with van der Waals surface area (Å²) in [5.41, 5.74) is 24.6. The van der Waals surface area contributed by atoms with Crippen molar-refractivity contribution in [1.82, 2.24) is 4.40 Å². The Morgan fingerprint density at radius 3 is 1.09 bits per heavy atom. The van der Waals surface area contributed by atoms with Gasteiger partial charge in [-0.15, -0.1) is 0 Å². The van der Waals surface area contributed by atoms with E-state index in [-0.39, 0.29) is 0 Å². The van der Waals surface area contributed by atoms with Gasteiger partial charge in [0.1, 0.15) is 0 Å². The van der Waals surface area contributed by atoms with E-state index in [0.717, 1.165) is 28.4 Å². The molecule has 0 aliphatic heterocycles. The van der Waals surface area contributed by atoms with Crippen LogP contribution < -0.4 is 9.80 Å². The van der Waals surface area contributed by atoms with Crippen LogP contribution >= 0.6 is 0 Å². The van der Waals surface area contributed by atoms with Gasteiger partial charge in [0.15, 0.2) is 0 Å². The van der Waals surface area contributed by atoms with Gasteiger partial charge in [-0.3, -0.25) is 0 Å². The predicted molar refractivity (Wildman–Crippen MR) is 346 cm³/mol. The fourth-order valence-corrected chi connectivity index (χ4v) is 13.0. The maximum atomic E-state index is 2.61. The number of hydrogen-bond donors (Lipinski definition) is 0. The molecule has 0 aliphatic rings. The Labute approximate surface area is 472 Å². The van der Waals surface area contributed by atoms with Gasteiger partial charge in [0, 0.05) is 55.1 Å². The van der Waals surface area contributed by atoms with Crippen LogP contribution in [0.2, 0.25) is 0 Å². The first-order valence-corrected chi connectivity index (χ1v) is 28.2. The fourth-order valence-electron chi connectivity index (χ4n) is 13.0.